The van der Waals surface area contributed by atoms with Crippen molar-refractivity contribution >= 4 is 35.1 Å². The second kappa shape index (κ2) is 18.3. The Bertz CT molecular complexity index is 1720. The van der Waals surface area contributed by atoms with Gasteiger partial charge in [-0.2, -0.15) is 0 Å². The minimum Gasteiger partial charge on any atom is -0.493 e. The summed E-state index contributed by atoms with van der Waals surface area (Å²) in [5.74, 6) is 2.27. The van der Waals surface area contributed by atoms with Crippen molar-refractivity contribution in [3.8, 4) is 5.75 Å². The fraction of sp³-hybridized carbons (Fsp3) is 0.422. The van der Waals surface area contributed by atoms with Gasteiger partial charge in [0.15, 0.2) is 11.6 Å². The maximum absolute atomic E-state index is 14.1. The molecule has 2 aliphatic carbocycles. The van der Waals surface area contributed by atoms with E-state index >= 15 is 0 Å². The summed E-state index contributed by atoms with van der Waals surface area (Å²) >= 11 is 3.09. The summed E-state index contributed by atoms with van der Waals surface area (Å²) in [5.41, 5.74) is 3.35. The lowest BCUT2D eigenvalue weighted by Gasteiger charge is -2.28. The van der Waals surface area contributed by atoms with Gasteiger partial charge in [-0.25, -0.2) is 0 Å². The summed E-state index contributed by atoms with van der Waals surface area (Å²) in [6.07, 6.45) is 18.1. The second-order valence-corrected chi connectivity index (χ2v) is 16.4. The average Bonchev–Trinajstić information content (AvgIpc) is 3.15. The molecule has 4 aromatic carbocycles. The zero-order chi connectivity index (χ0) is 34.7. The highest BCUT2D eigenvalue weighted by atomic mass is 32.2. The zero-order valence-electron chi connectivity index (χ0n) is 29.9. The Kier molecular flexibility index (Phi) is 13.3. The van der Waals surface area contributed by atoms with Crippen molar-refractivity contribution in [2.45, 2.75) is 123 Å². The normalized spacial score (nSPS) is 17.0. The molecule has 0 heterocycles. The number of carbonyl (C=O) groups is 2. The number of hydrogen-bond acceptors (Lipinski definition) is 5. The van der Waals surface area contributed by atoms with Gasteiger partial charge in [0.25, 0.3) is 0 Å². The summed E-state index contributed by atoms with van der Waals surface area (Å²) in [4.78, 5) is 31.8. The third-order valence-electron chi connectivity index (χ3n) is 10.4. The summed E-state index contributed by atoms with van der Waals surface area (Å²) in [6.45, 7) is 5.31. The lowest BCUT2D eigenvalue weighted by Crippen LogP contribution is -2.22. The molecule has 0 N–H and O–H groups in total. The third-order valence-corrected chi connectivity index (χ3v) is 12.6. The van der Waals surface area contributed by atoms with Crippen LogP contribution in [0.4, 0.5) is 0 Å². The summed E-state index contributed by atoms with van der Waals surface area (Å²) < 4.78 is 6.21. The van der Waals surface area contributed by atoms with Crippen LogP contribution in [0, 0.1) is 11.8 Å². The fourth-order valence-electron chi connectivity index (χ4n) is 7.43. The lowest BCUT2D eigenvalue weighted by molar-refractivity contribution is 0.0974. The first kappa shape index (κ1) is 36.5. The SMILES string of the molecule is CCCCCCCCc1ccc(Sc2cccc3c2C(=O)c2cccc(Sc4ccc(OCC5CCC(CCCC)CC5)cc4)c2C3=O)cc1. The highest BCUT2D eigenvalue weighted by molar-refractivity contribution is 7.99. The first-order chi connectivity index (χ1) is 24.5. The molecule has 50 heavy (non-hydrogen) atoms. The molecule has 6 rings (SSSR count). The van der Waals surface area contributed by atoms with Crippen molar-refractivity contribution in [1.29, 1.82) is 0 Å². The van der Waals surface area contributed by atoms with Crippen LogP contribution in [0.25, 0.3) is 0 Å². The maximum atomic E-state index is 14.1. The summed E-state index contributed by atoms with van der Waals surface area (Å²) in [5, 5.41) is 0. The van der Waals surface area contributed by atoms with Gasteiger partial charge in [-0.3, -0.25) is 9.59 Å². The van der Waals surface area contributed by atoms with E-state index in [1.807, 2.05) is 36.4 Å². The van der Waals surface area contributed by atoms with E-state index in [-0.39, 0.29) is 11.6 Å². The summed E-state index contributed by atoms with van der Waals surface area (Å²) in [7, 11) is 0. The van der Waals surface area contributed by atoms with E-state index in [4.69, 9.17) is 4.74 Å². The Morgan fingerprint density at radius 2 is 1.10 bits per heavy atom. The molecule has 3 nitrogen and oxygen atoms in total. The maximum Gasteiger partial charge on any atom is 0.195 e. The fourth-order valence-corrected chi connectivity index (χ4v) is 9.39. The Morgan fingerprint density at radius 1 is 0.580 bits per heavy atom. The number of hydrogen-bond donors (Lipinski definition) is 0. The van der Waals surface area contributed by atoms with Gasteiger partial charge < -0.3 is 4.74 Å². The van der Waals surface area contributed by atoms with Crippen LogP contribution < -0.4 is 4.74 Å². The largest absolute Gasteiger partial charge is 0.493 e. The third kappa shape index (κ3) is 9.33. The predicted octanol–water partition coefficient (Wildman–Crippen LogP) is 13.0. The van der Waals surface area contributed by atoms with Crippen LogP contribution in [0.2, 0.25) is 0 Å². The van der Waals surface area contributed by atoms with Crippen molar-refractivity contribution < 1.29 is 14.3 Å². The van der Waals surface area contributed by atoms with E-state index in [0.717, 1.165) is 44.3 Å². The van der Waals surface area contributed by atoms with Crippen molar-refractivity contribution in [3.63, 3.8) is 0 Å². The smallest absolute Gasteiger partial charge is 0.195 e. The van der Waals surface area contributed by atoms with Crippen LogP contribution in [0.15, 0.2) is 105 Å². The molecule has 0 unspecified atom stereocenters. The Balaban J connectivity index is 1.08. The first-order valence-corrected chi connectivity index (χ1v) is 20.7. The van der Waals surface area contributed by atoms with Gasteiger partial charge in [0.2, 0.25) is 0 Å². The van der Waals surface area contributed by atoms with Gasteiger partial charge in [0.1, 0.15) is 5.75 Å². The van der Waals surface area contributed by atoms with Crippen LogP contribution in [0.3, 0.4) is 0 Å². The number of benzene rings is 4. The van der Waals surface area contributed by atoms with E-state index < -0.39 is 0 Å². The van der Waals surface area contributed by atoms with E-state index in [1.165, 1.54) is 101 Å². The van der Waals surface area contributed by atoms with Gasteiger partial charge >= 0.3 is 0 Å². The second-order valence-electron chi connectivity index (χ2n) is 14.2. The minimum absolute atomic E-state index is 0.0806. The molecule has 5 heteroatoms. The zero-order valence-corrected chi connectivity index (χ0v) is 31.5. The molecule has 262 valence electrons. The van der Waals surface area contributed by atoms with Crippen molar-refractivity contribution in [3.05, 3.63) is 113 Å². The molecule has 0 aromatic heterocycles. The van der Waals surface area contributed by atoms with Crippen LogP contribution >= 0.6 is 23.5 Å². The topological polar surface area (TPSA) is 43.4 Å². The molecule has 1 saturated carbocycles. The molecule has 1 fully saturated rings. The van der Waals surface area contributed by atoms with Crippen LogP contribution in [-0.4, -0.2) is 18.2 Å². The lowest BCUT2D eigenvalue weighted by atomic mass is 9.80. The number of fused-ring (bicyclic) bond motifs is 2. The van der Waals surface area contributed by atoms with Gasteiger partial charge in [-0.1, -0.05) is 138 Å². The molecular weight excluding hydrogens is 653 g/mol. The van der Waals surface area contributed by atoms with E-state index in [0.29, 0.717) is 28.2 Å². The molecule has 0 radical (unpaired) electrons. The number of rotatable bonds is 17. The van der Waals surface area contributed by atoms with Crippen LogP contribution in [0.1, 0.15) is 135 Å². The first-order valence-electron chi connectivity index (χ1n) is 19.1. The number of aryl methyl sites for hydroxylation is 1. The number of ketones is 2. The number of unbranched alkanes of at least 4 members (excludes halogenated alkanes) is 6. The van der Waals surface area contributed by atoms with Gasteiger partial charge in [-0.05, 0) is 91.6 Å². The Hall–Kier alpha value is -3.28. The predicted molar refractivity (Wildman–Crippen MR) is 208 cm³/mol. The van der Waals surface area contributed by atoms with Crippen molar-refractivity contribution in [1.82, 2.24) is 0 Å². The molecule has 0 bridgehead atoms. The van der Waals surface area contributed by atoms with Gasteiger partial charge in [0, 0.05) is 41.8 Å². The Labute approximate surface area is 308 Å². The molecule has 0 spiro atoms. The number of carbonyl (C=O) groups excluding carboxylic acids is 2. The van der Waals surface area contributed by atoms with Crippen molar-refractivity contribution in [2.24, 2.45) is 11.8 Å². The molecule has 0 amide bonds. The molecule has 0 saturated heterocycles. The molecular formula is C45H52O3S2. The molecule has 4 aromatic rings. The average molecular weight is 705 g/mol. The highest BCUT2D eigenvalue weighted by Gasteiger charge is 2.34. The van der Waals surface area contributed by atoms with E-state index in [2.05, 4.69) is 50.2 Å². The molecule has 2 aliphatic rings. The monoisotopic (exact) mass is 704 g/mol. The Morgan fingerprint density at radius 3 is 1.68 bits per heavy atom. The van der Waals surface area contributed by atoms with E-state index in [9.17, 15) is 9.59 Å². The van der Waals surface area contributed by atoms with Crippen molar-refractivity contribution in [2.75, 3.05) is 6.61 Å². The quantitative estimate of drug-likeness (QED) is 0.0902. The van der Waals surface area contributed by atoms with Gasteiger partial charge in [-0.15, -0.1) is 0 Å². The van der Waals surface area contributed by atoms with Crippen LogP contribution in [0.5, 0.6) is 5.75 Å². The standard InChI is InChI=1S/C45H52O3S2/c1-3-5-7-8-9-10-14-33-23-27-36(28-24-33)49-40-17-11-15-38-42(40)44(46)39-16-12-18-41(43(39)45(38)47)50-37-29-25-35(26-30-37)48-31-34-21-19-32(20-22-34)13-6-4-2/h11-12,15-18,23-30,32,34H,3-10,13-14,19-22,31H2,1-2H3. The molecule has 0 atom stereocenters. The summed E-state index contributed by atoms with van der Waals surface area (Å²) in [6, 6.07) is 28.2. The van der Waals surface area contributed by atoms with Gasteiger partial charge in [0.05, 0.1) is 6.61 Å². The highest BCUT2D eigenvalue weighted by Crippen LogP contribution is 2.41. The number of ether oxygens (including phenoxy) is 1. The van der Waals surface area contributed by atoms with Crippen LogP contribution in [-0.2, 0) is 6.42 Å². The van der Waals surface area contributed by atoms with E-state index in [1.54, 1.807) is 23.9 Å². The molecule has 0 aliphatic heterocycles. The minimum atomic E-state index is -0.0844.